The van der Waals surface area contributed by atoms with E-state index in [0.29, 0.717) is 0 Å². The average Bonchev–Trinajstić information content (AvgIpc) is 1.37. The van der Waals surface area contributed by atoms with Gasteiger partial charge in [0.15, 0.2) is 0 Å². The molecular formula is CHMoNS+. The molecule has 0 aromatic heterocycles. The van der Waals surface area contributed by atoms with E-state index in [-0.39, 0.29) is 1.43 Å². The summed E-state index contributed by atoms with van der Waals surface area (Å²) in [4.78, 5) is 0. The molecule has 0 amide bonds. The van der Waals surface area contributed by atoms with Gasteiger partial charge in [-0.2, -0.15) is 0 Å². The van der Waals surface area contributed by atoms with Crippen LogP contribution in [-0.4, -0.2) is 0 Å². The van der Waals surface area contributed by atoms with Crippen LogP contribution in [0.4, 0.5) is 0 Å². The molecule has 4 heavy (non-hydrogen) atoms. The molecule has 3 heteroatoms. The summed E-state index contributed by atoms with van der Waals surface area (Å²) < 4.78 is 0. The zero-order valence-electron chi connectivity index (χ0n) is 2.76. The van der Waals surface area contributed by atoms with E-state index in [1.54, 1.807) is 18.5 Å². The first kappa shape index (κ1) is 4.53. The van der Waals surface area contributed by atoms with Gasteiger partial charge in [0.2, 0.25) is 0 Å². The van der Waals surface area contributed by atoms with Crippen LogP contribution in [0.3, 0.4) is 0 Å². The Labute approximate surface area is 40.5 Å². The van der Waals surface area contributed by atoms with E-state index in [0.717, 1.165) is 0 Å². The Morgan fingerprint density at radius 2 is 2.50 bits per heavy atom. The molecule has 0 heterocycles. The summed E-state index contributed by atoms with van der Waals surface area (Å²) in [5, 5.41) is 9.44. The number of nitriles is 1. The van der Waals surface area contributed by atoms with Crippen molar-refractivity contribution in [3.8, 4) is 5.40 Å². The standard InChI is InChI=1S/CHNS.Mo/c2-1-3;/h3H;/q;+1. The van der Waals surface area contributed by atoms with E-state index in [1.807, 2.05) is 5.40 Å². The van der Waals surface area contributed by atoms with E-state index in [1.165, 1.54) is 9.47 Å². The second-order valence-corrected chi connectivity index (χ2v) is 1.75. The maximum Gasteiger partial charge on any atom is 1.00 e. The molecule has 0 atom stereocenters. The van der Waals surface area contributed by atoms with Crippen molar-refractivity contribution in [1.82, 2.24) is 0 Å². The third-order valence-electron chi connectivity index (χ3n) is 0.0373. The number of rotatable bonds is 0. The van der Waals surface area contributed by atoms with Crippen LogP contribution in [0.25, 0.3) is 0 Å². The normalized spacial score (nSPS) is 4.75. The first-order valence-electron chi connectivity index (χ1n) is 0.594. The van der Waals surface area contributed by atoms with Crippen molar-refractivity contribution in [3.63, 3.8) is 0 Å². The Balaban J connectivity index is 0. The molecule has 0 aromatic rings. The quantitative estimate of drug-likeness (QED) is 0.381. The zero-order valence-corrected chi connectivity index (χ0v) is 4.59. The van der Waals surface area contributed by atoms with Gasteiger partial charge in [-0.3, -0.25) is 0 Å². The van der Waals surface area contributed by atoms with Crippen molar-refractivity contribution in [2.75, 3.05) is 0 Å². The van der Waals surface area contributed by atoms with Crippen LogP contribution < -0.4 is 0 Å². The van der Waals surface area contributed by atoms with Crippen molar-refractivity contribution in [1.29, 1.82) is 5.26 Å². The molecule has 0 saturated heterocycles. The fraction of sp³-hybridized carbons (Fsp3) is 0. The van der Waals surface area contributed by atoms with Crippen LogP contribution in [0.5, 0.6) is 0 Å². The molecule has 0 aliphatic heterocycles. The van der Waals surface area contributed by atoms with Gasteiger partial charge in [0, 0.05) is 0 Å². The van der Waals surface area contributed by atoms with Crippen molar-refractivity contribution >= 4 is 9.47 Å². The third-order valence-corrected chi connectivity index (χ3v) is 0.661. The zero-order chi connectivity index (χ0) is 3.41. The van der Waals surface area contributed by atoms with Crippen molar-refractivity contribution in [3.05, 3.63) is 0 Å². The first-order valence-corrected chi connectivity index (χ1v) is 3.79. The minimum absolute atomic E-state index is 0. The van der Waals surface area contributed by atoms with Gasteiger partial charge in [0.05, 0.1) is 0 Å². The molecule has 0 fully saturated rings. The third kappa shape index (κ3) is 2.53. The Kier molecular flexibility index (Phi) is 3.99. The molecule has 0 rings (SSSR count). The predicted molar refractivity (Wildman–Crippen MR) is 14.3 cm³/mol. The largest absolute Gasteiger partial charge is 1.00 e. The molecule has 0 aliphatic rings. The van der Waals surface area contributed by atoms with Crippen LogP contribution in [-0.2, 0) is 18.5 Å². The van der Waals surface area contributed by atoms with Gasteiger partial charge in [-0.1, -0.05) is 0 Å². The smallest absolute Gasteiger partial charge is 1.00 e. The molecule has 0 bridgehead atoms. The first-order chi connectivity index (χ1) is 1.91. The average molecular weight is 155 g/mol. The van der Waals surface area contributed by atoms with E-state index in [9.17, 15) is 0 Å². The maximum absolute atomic E-state index is 7.59. The van der Waals surface area contributed by atoms with E-state index >= 15 is 0 Å². The summed E-state index contributed by atoms with van der Waals surface area (Å²) in [6.45, 7) is 0. The summed E-state index contributed by atoms with van der Waals surface area (Å²) in [5.41, 5.74) is 0. The molecule has 0 aliphatic carbocycles. The van der Waals surface area contributed by atoms with Crippen molar-refractivity contribution in [2.24, 2.45) is 0 Å². The number of hydrogen-bond donors (Lipinski definition) is 0. The van der Waals surface area contributed by atoms with Gasteiger partial charge in [0.1, 0.15) is 0 Å². The molecule has 21 valence electrons. The van der Waals surface area contributed by atoms with E-state index in [2.05, 4.69) is 0 Å². The van der Waals surface area contributed by atoms with Crippen LogP contribution in [0.2, 0.25) is 0 Å². The molecule has 0 N–H and O–H groups in total. The van der Waals surface area contributed by atoms with Gasteiger partial charge in [-0.25, -0.2) is 0 Å². The molecule has 0 saturated carbocycles. The van der Waals surface area contributed by atoms with Gasteiger partial charge >= 0.3 is 40.1 Å². The number of thiocyanates is 1. The topological polar surface area (TPSA) is 23.8 Å². The van der Waals surface area contributed by atoms with Crippen LogP contribution in [0, 0.1) is 10.7 Å². The number of hydrogen-bond acceptors (Lipinski definition) is 2. The SMILES string of the molecule is N#C[S][Mo].[H+]. The summed E-state index contributed by atoms with van der Waals surface area (Å²) in [6.07, 6.45) is 0. The molecular weight excluding hydrogens is 154 g/mol. The molecule has 0 unspecified atom stereocenters. The molecule has 0 radical (unpaired) electrons. The minimum atomic E-state index is 0. The predicted octanol–water partition coefficient (Wildman–Crippen LogP) is 0.775. The van der Waals surface area contributed by atoms with Gasteiger partial charge in [0.25, 0.3) is 0 Å². The number of nitrogens with zero attached hydrogens (tertiary/aromatic N) is 1. The summed E-state index contributed by atoms with van der Waals surface area (Å²) in [7, 11) is 1.17. The fourth-order valence-corrected chi connectivity index (χ4v) is 0. The van der Waals surface area contributed by atoms with Crippen LogP contribution >= 0.6 is 9.47 Å². The summed E-state index contributed by atoms with van der Waals surface area (Å²) in [5.74, 6) is 0. The Morgan fingerprint density at radius 1 is 2.25 bits per heavy atom. The Morgan fingerprint density at radius 3 is 2.50 bits per heavy atom. The van der Waals surface area contributed by atoms with Gasteiger partial charge in [-0.15, -0.1) is 0 Å². The Bertz CT molecular complexity index is 41.4. The molecule has 1 nitrogen and oxygen atoms in total. The van der Waals surface area contributed by atoms with Gasteiger partial charge in [-0.05, 0) is 0 Å². The second-order valence-electron chi connectivity index (χ2n) is 0.175. The second kappa shape index (κ2) is 3.53. The van der Waals surface area contributed by atoms with Crippen LogP contribution in [0.15, 0.2) is 0 Å². The van der Waals surface area contributed by atoms with Crippen molar-refractivity contribution < 1.29 is 20.0 Å². The summed E-state index contributed by atoms with van der Waals surface area (Å²) in [6, 6.07) is 0. The fourth-order valence-electron chi connectivity index (χ4n) is 0. The summed E-state index contributed by atoms with van der Waals surface area (Å²) >= 11 is 1.68. The van der Waals surface area contributed by atoms with E-state index in [4.69, 9.17) is 5.26 Å². The molecule has 0 spiro atoms. The van der Waals surface area contributed by atoms with Crippen LogP contribution in [0.1, 0.15) is 1.43 Å². The molecule has 0 aromatic carbocycles. The van der Waals surface area contributed by atoms with Crippen molar-refractivity contribution in [2.45, 2.75) is 0 Å². The van der Waals surface area contributed by atoms with Gasteiger partial charge < -0.3 is 0 Å². The Hall–Kier alpha value is 0.528. The van der Waals surface area contributed by atoms with E-state index < -0.39 is 0 Å². The minimum Gasteiger partial charge on any atom is 1.00 e. The maximum atomic E-state index is 7.59. The monoisotopic (exact) mass is 157 g/mol.